The summed E-state index contributed by atoms with van der Waals surface area (Å²) >= 11 is 0. The van der Waals surface area contributed by atoms with Crippen molar-refractivity contribution in [1.82, 2.24) is 0 Å². The summed E-state index contributed by atoms with van der Waals surface area (Å²) in [6.45, 7) is 4.71. The molecule has 0 aliphatic rings. The fourth-order valence-electron chi connectivity index (χ4n) is 1.53. The SMILES string of the molecule is CCOCC(O)COc1c(C)cccc1CO. The Labute approximate surface area is 102 Å². The number of aliphatic hydroxyl groups is 2. The first-order valence-corrected chi connectivity index (χ1v) is 5.77. The van der Waals surface area contributed by atoms with Crippen molar-refractivity contribution in [1.29, 1.82) is 0 Å². The number of hydrogen-bond acceptors (Lipinski definition) is 4. The second kappa shape index (κ2) is 7.27. The number of aliphatic hydroxyl groups excluding tert-OH is 2. The highest BCUT2D eigenvalue weighted by Crippen LogP contribution is 2.23. The standard InChI is InChI=1S/C13H20O4/c1-3-16-8-12(15)9-17-13-10(2)5-4-6-11(13)7-14/h4-6,12,14-15H,3,7-9H2,1-2H3. The predicted molar refractivity (Wildman–Crippen MR) is 65.1 cm³/mol. The zero-order valence-corrected chi connectivity index (χ0v) is 10.3. The molecule has 0 aromatic heterocycles. The van der Waals surface area contributed by atoms with Gasteiger partial charge >= 0.3 is 0 Å². The molecule has 96 valence electrons. The number of para-hydroxylation sites is 1. The number of aryl methyl sites for hydroxylation is 1. The van der Waals surface area contributed by atoms with Gasteiger partial charge in [-0.05, 0) is 19.4 Å². The lowest BCUT2D eigenvalue weighted by Crippen LogP contribution is -2.24. The molecular weight excluding hydrogens is 220 g/mol. The Morgan fingerprint density at radius 3 is 2.71 bits per heavy atom. The maximum Gasteiger partial charge on any atom is 0.127 e. The van der Waals surface area contributed by atoms with E-state index in [1.54, 1.807) is 6.07 Å². The molecule has 1 unspecified atom stereocenters. The molecule has 1 rings (SSSR count). The molecule has 0 aliphatic heterocycles. The van der Waals surface area contributed by atoms with Crippen molar-refractivity contribution in [3.8, 4) is 5.75 Å². The molecule has 1 atom stereocenters. The van der Waals surface area contributed by atoms with E-state index in [9.17, 15) is 10.2 Å². The third-order valence-corrected chi connectivity index (χ3v) is 2.40. The number of ether oxygens (including phenoxy) is 2. The molecule has 0 saturated heterocycles. The van der Waals surface area contributed by atoms with Crippen molar-refractivity contribution >= 4 is 0 Å². The van der Waals surface area contributed by atoms with E-state index in [4.69, 9.17) is 9.47 Å². The van der Waals surface area contributed by atoms with Crippen molar-refractivity contribution in [3.05, 3.63) is 29.3 Å². The normalized spacial score (nSPS) is 12.5. The van der Waals surface area contributed by atoms with Crippen LogP contribution in [0, 0.1) is 6.92 Å². The van der Waals surface area contributed by atoms with E-state index >= 15 is 0 Å². The monoisotopic (exact) mass is 240 g/mol. The van der Waals surface area contributed by atoms with Crippen molar-refractivity contribution in [2.45, 2.75) is 26.6 Å². The van der Waals surface area contributed by atoms with E-state index in [0.29, 0.717) is 12.4 Å². The Morgan fingerprint density at radius 2 is 2.06 bits per heavy atom. The molecule has 4 heteroatoms. The van der Waals surface area contributed by atoms with Gasteiger partial charge in [-0.15, -0.1) is 0 Å². The summed E-state index contributed by atoms with van der Waals surface area (Å²) in [7, 11) is 0. The van der Waals surface area contributed by atoms with Crippen LogP contribution in [-0.4, -0.2) is 36.1 Å². The molecule has 0 saturated carbocycles. The van der Waals surface area contributed by atoms with Crippen LogP contribution in [0.5, 0.6) is 5.75 Å². The molecule has 0 bridgehead atoms. The Balaban J connectivity index is 2.56. The molecule has 17 heavy (non-hydrogen) atoms. The van der Waals surface area contributed by atoms with Crippen molar-refractivity contribution in [2.24, 2.45) is 0 Å². The Kier molecular flexibility index (Phi) is 5.97. The first-order chi connectivity index (χ1) is 8.19. The van der Waals surface area contributed by atoms with Gasteiger partial charge in [0.25, 0.3) is 0 Å². The molecule has 0 aliphatic carbocycles. The summed E-state index contributed by atoms with van der Waals surface area (Å²) in [5, 5.41) is 18.8. The summed E-state index contributed by atoms with van der Waals surface area (Å²) < 4.78 is 10.6. The molecule has 2 N–H and O–H groups in total. The molecule has 0 spiro atoms. The molecule has 0 radical (unpaired) electrons. The first-order valence-electron chi connectivity index (χ1n) is 5.77. The van der Waals surface area contributed by atoms with Gasteiger partial charge in [-0.25, -0.2) is 0 Å². The molecule has 0 amide bonds. The van der Waals surface area contributed by atoms with E-state index in [-0.39, 0.29) is 19.8 Å². The van der Waals surface area contributed by atoms with Gasteiger partial charge in [0.15, 0.2) is 0 Å². The zero-order chi connectivity index (χ0) is 12.7. The second-order valence-electron chi connectivity index (χ2n) is 3.85. The van der Waals surface area contributed by atoms with Crippen LogP contribution in [-0.2, 0) is 11.3 Å². The van der Waals surface area contributed by atoms with Crippen LogP contribution >= 0.6 is 0 Å². The van der Waals surface area contributed by atoms with Crippen LogP contribution in [0.4, 0.5) is 0 Å². The van der Waals surface area contributed by atoms with Crippen LogP contribution in [0.1, 0.15) is 18.1 Å². The van der Waals surface area contributed by atoms with Crippen LogP contribution in [0.25, 0.3) is 0 Å². The molecule has 0 fully saturated rings. The summed E-state index contributed by atoms with van der Waals surface area (Å²) in [6, 6.07) is 5.57. The van der Waals surface area contributed by atoms with Crippen LogP contribution < -0.4 is 4.74 Å². The fraction of sp³-hybridized carbons (Fsp3) is 0.538. The fourth-order valence-corrected chi connectivity index (χ4v) is 1.53. The third-order valence-electron chi connectivity index (χ3n) is 2.40. The molecule has 1 aromatic carbocycles. The van der Waals surface area contributed by atoms with E-state index in [1.165, 1.54) is 0 Å². The van der Waals surface area contributed by atoms with Crippen LogP contribution in [0.2, 0.25) is 0 Å². The maximum absolute atomic E-state index is 9.58. The highest BCUT2D eigenvalue weighted by Gasteiger charge is 2.09. The molecule has 4 nitrogen and oxygen atoms in total. The van der Waals surface area contributed by atoms with Gasteiger partial charge in [0.1, 0.15) is 18.5 Å². The molecular formula is C13H20O4. The predicted octanol–water partition coefficient (Wildman–Crippen LogP) is 1.26. The highest BCUT2D eigenvalue weighted by atomic mass is 16.5. The van der Waals surface area contributed by atoms with Gasteiger partial charge in [0.2, 0.25) is 0 Å². The van der Waals surface area contributed by atoms with Gasteiger partial charge in [0, 0.05) is 12.2 Å². The molecule has 0 heterocycles. The van der Waals surface area contributed by atoms with E-state index in [0.717, 1.165) is 11.1 Å². The second-order valence-corrected chi connectivity index (χ2v) is 3.85. The van der Waals surface area contributed by atoms with Crippen molar-refractivity contribution in [3.63, 3.8) is 0 Å². The summed E-state index contributed by atoms with van der Waals surface area (Å²) in [4.78, 5) is 0. The minimum Gasteiger partial charge on any atom is -0.490 e. The highest BCUT2D eigenvalue weighted by molar-refractivity contribution is 5.40. The smallest absolute Gasteiger partial charge is 0.127 e. The van der Waals surface area contributed by atoms with Crippen LogP contribution in [0.15, 0.2) is 18.2 Å². The van der Waals surface area contributed by atoms with Gasteiger partial charge in [0.05, 0.1) is 13.2 Å². The Morgan fingerprint density at radius 1 is 1.29 bits per heavy atom. The first kappa shape index (κ1) is 14.0. The zero-order valence-electron chi connectivity index (χ0n) is 10.3. The average Bonchev–Trinajstić information content (AvgIpc) is 2.34. The van der Waals surface area contributed by atoms with Gasteiger partial charge in [-0.2, -0.15) is 0 Å². The Bertz CT molecular complexity index is 338. The van der Waals surface area contributed by atoms with Crippen molar-refractivity contribution < 1.29 is 19.7 Å². The van der Waals surface area contributed by atoms with Gasteiger partial charge in [-0.3, -0.25) is 0 Å². The number of benzene rings is 1. The Hall–Kier alpha value is -1.10. The van der Waals surface area contributed by atoms with Gasteiger partial charge in [-0.1, -0.05) is 18.2 Å². The third kappa shape index (κ3) is 4.34. The number of rotatable bonds is 7. The minimum atomic E-state index is -0.652. The molecule has 1 aromatic rings. The summed E-state index contributed by atoms with van der Waals surface area (Å²) in [5.74, 6) is 0.644. The maximum atomic E-state index is 9.58. The largest absolute Gasteiger partial charge is 0.490 e. The van der Waals surface area contributed by atoms with E-state index < -0.39 is 6.10 Å². The minimum absolute atomic E-state index is 0.0709. The van der Waals surface area contributed by atoms with Crippen molar-refractivity contribution in [2.75, 3.05) is 19.8 Å². The lowest BCUT2D eigenvalue weighted by atomic mass is 10.1. The lowest BCUT2D eigenvalue weighted by Gasteiger charge is -2.16. The van der Waals surface area contributed by atoms with E-state index in [2.05, 4.69) is 0 Å². The quantitative estimate of drug-likeness (QED) is 0.753. The average molecular weight is 240 g/mol. The summed E-state index contributed by atoms with van der Waals surface area (Å²) in [5.41, 5.74) is 1.67. The van der Waals surface area contributed by atoms with Gasteiger partial charge < -0.3 is 19.7 Å². The van der Waals surface area contributed by atoms with E-state index in [1.807, 2.05) is 26.0 Å². The topological polar surface area (TPSA) is 58.9 Å². The lowest BCUT2D eigenvalue weighted by molar-refractivity contribution is 0.0159. The van der Waals surface area contributed by atoms with Crippen LogP contribution in [0.3, 0.4) is 0 Å². The summed E-state index contributed by atoms with van der Waals surface area (Å²) in [6.07, 6.45) is -0.652. The number of hydrogen-bond donors (Lipinski definition) is 2.